The molecule has 0 unspecified atom stereocenters. The van der Waals surface area contributed by atoms with Crippen molar-refractivity contribution in [3.05, 3.63) is 11.3 Å². The lowest BCUT2D eigenvalue weighted by Crippen LogP contribution is -2.51. The topological polar surface area (TPSA) is 65.0 Å². The number of fused-ring (bicyclic) bond motifs is 1. The van der Waals surface area contributed by atoms with Crippen molar-refractivity contribution in [3.63, 3.8) is 0 Å². The summed E-state index contributed by atoms with van der Waals surface area (Å²) < 4.78 is 29.6. The standard InChI is InChI=1S/C19H34N4O2S/c1-13-16(18(2,3)4)15-11-14(21-26(24,25)22-9-8-10-22)12-23(15)17(20-13)19(5,6)7/h13-14,21H,8-12H2,1-7H3/t13-,14-/m0/s1. The molecule has 148 valence electrons. The van der Waals surface area contributed by atoms with Crippen LogP contribution in [0, 0.1) is 10.8 Å². The van der Waals surface area contributed by atoms with E-state index in [1.54, 1.807) is 0 Å². The molecule has 0 aromatic heterocycles. The van der Waals surface area contributed by atoms with Crippen LogP contribution in [0.4, 0.5) is 0 Å². The normalized spacial score (nSPS) is 28.1. The molecule has 2 saturated heterocycles. The zero-order valence-corrected chi connectivity index (χ0v) is 18.1. The molecule has 7 heteroatoms. The molecule has 0 aromatic rings. The van der Waals surface area contributed by atoms with Crippen LogP contribution in [0.3, 0.4) is 0 Å². The van der Waals surface area contributed by atoms with Crippen molar-refractivity contribution in [2.24, 2.45) is 15.8 Å². The van der Waals surface area contributed by atoms with E-state index in [4.69, 9.17) is 4.99 Å². The van der Waals surface area contributed by atoms with E-state index < -0.39 is 10.2 Å². The molecule has 3 rings (SSSR count). The van der Waals surface area contributed by atoms with Gasteiger partial charge in [-0.1, -0.05) is 41.5 Å². The highest BCUT2D eigenvalue weighted by Crippen LogP contribution is 2.43. The summed E-state index contributed by atoms with van der Waals surface area (Å²) in [6, 6.07) is 0.0204. The molecule has 0 radical (unpaired) electrons. The molecule has 6 nitrogen and oxygen atoms in total. The molecule has 0 bridgehead atoms. The van der Waals surface area contributed by atoms with Gasteiger partial charge in [0.25, 0.3) is 10.2 Å². The molecule has 3 aliphatic heterocycles. The zero-order valence-electron chi connectivity index (χ0n) is 17.3. The molecule has 3 aliphatic rings. The minimum atomic E-state index is -3.38. The molecule has 2 fully saturated rings. The maximum absolute atomic E-state index is 12.5. The van der Waals surface area contributed by atoms with Gasteiger partial charge in [-0.05, 0) is 24.3 Å². The Bertz CT molecular complexity index is 736. The first-order chi connectivity index (χ1) is 11.8. The van der Waals surface area contributed by atoms with Gasteiger partial charge in [-0.25, -0.2) is 0 Å². The number of nitrogens with zero attached hydrogens (tertiary/aromatic N) is 3. The molecule has 0 spiro atoms. The molecule has 0 saturated carbocycles. The minimum absolute atomic E-state index is 0.00511. The van der Waals surface area contributed by atoms with E-state index in [0.717, 1.165) is 18.7 Å². The Balaban J connectivity index is 1.93. The molecule has 0 aromatic carbocycles. The summed E-state index contributed by atoms with van der Waals surface area (Å²) in [4.78, 5) is 7.32. The fourth-order valence-corrected chi connectivity index (χ4v) is 5.78. The SMILES string of the molecule is C[C@@H]1N=C(C(C)(C)C)N2C[C@@H](NS(=O)(=O)N3CCC3)CC2=C1C(C)(C)C. The Hall–Kier alpha value is -0.920. The van der Waals surface area contributed by atoms with Crippen LogP contribution in [0.25, 0.3) is 0 Å². The van der Waals surface area contributed by atoms with Crippen molar-refractivity contribution in [3.8, 4) is 0 Å². The summed E-state index contributed by atoms with van der Waals surface area (Å²) in [6.45, 7) is 17.3. The van der Waals surface area contributed by atoms with Crippen LogP contribution in [0.5, 0.6) is 0 Å². The minimum Gasteiger partial charge on any atom is -0.332 e. The second kappa shape index (κ2) is 6.31. The Labute approximate surface area is 158 Å². The fourth-order valence-electron chi connectivity index (χ4n) is 4.32. The Kier molecular flexibility index (Phi) is 4.81. The lowest BCUT2D eigenvalue weighted by Gasteiger charge is -2.41. The summed E-state index contributed by atoms with van der Waals surface area (Å²) in [6.07, 6.45) is 1.69. The van der Waals surface area contributed by atoms with Gasteiger partial charge in [-0.15, -0.1) is 0 Å². The van der Waals surface area contributed by atoms with Crippen LogP contribution in [0.15, 0.2) is 16.3 Å². The zero-order chi connectivity index (χ0) is 19.5. The molecule has 3 heterocycles. The van der Waals surface area contributed by atoms with E-state index in [2.05, 4.69) is 58.1 Å². The van der Waals surface area contributed by atoms with Crippen LogP contribution < -0.4 is 4.72 Å². The lowest BCUT2D eigenvalue weighted by atomic mass is 9.79. The lowest BCUT2D eigenvalue weighted by molar-refractivity contribution is 0.301. The maximum Gasteiger partial charge on any atom is 0.279 e. The van der Waals surface area contributed by atoms with Crippen molar-refractivity contribution in [2.45, 2.75) is 73.4 Å². The van der Waals surface area contributed by atoms with E-state index in [0.29, 0.717) is 19.6 Å². The summed E-state index contributed by atoms with van der Waals surface area (Å²) in [7, 11) is -3.38. The fraction of sp³-hybridized carbons (Fsp3) is 0.842. The molecular formula is C19H34N4O2S. The highest BCUT2D eigenvalue weighted by Gasteiger charge is 2.44. The second-order valence-electron chi connectivity index (χ2n) is 9.88. The maximum atomic E-state index is 12.5. The van der Waals surface area contributed by atoms with Crippen molar-refractivity contribution in [2.75, 3.05) is 19.6 Å². The average Bonchev–Trinajstić information content (AvgIpc) is 2.73. The highest BCUT2D eigenvalue weighted by molar-refractivity contribution is 7.87. The third-order valence-corrected chi connectivity index (χ3v) is 7.09. The summed E-state index contributed by atoms with van der Waals surface area (Å²) >= 11 is 0. The van der Waals surface area contributed by atoms with Crippen molar-refractivity contribution in [1.82, 2.24) is 13.9 Å². The molecule has 0 amide bonds. The number of nitrogens with one attached hydrogen (secondary N) is 1. The summed E-state index contributed by atoms with van der Waals surface area (Å²) in [5, 5.41) is 0. The van der Waals surface area contributed by atoms with Crippen LogP contribution in [0.1, 0.15) is 61.3 Å². The smallest absolute Gasteiger partial charge is 0.279 e. The molecule has 1 N–H and O–H groups in total. The van der Waals surface area contributed by atoms with Gasteiger partial charge in [0.05, 0.1) is 6.04 Å². The van der Waals surface area contributed by atoms with E-state index in [-0.39, 0.29) is 22.9 Å². The Morgan fingerprint density at radius 2 is 1.69 bits per heavy atom. The van der Waals surface area contributed by atoms with Gasteiger partial charge in [0.15, 0.2) is 0 Å². The predicted molar refractivity (Wildman–Crippen MR) is 106 cm³/mol. The van der Waals surface area contributed by atoms with Crippen LogP contribution >= 0.6 is 0 Å². The third kappa shape index (κ3) is 3.58. The van der Waals surface area contributed by atoms with Gasteiger partial charge in [0.2, 0.25) is 0 Å². The Morgan fingerprint density at radius 3 is 2.15 bits per heavy atom. The van der Waals surface area contributed by atoms with E-state index in [1.807, 2.05) is 0 Å². The second-order valence-corrected chi connectivity index (χ2v) is 11.6. The first kappa shape index (κ1) is 19.8. The molecular weight excluding hydrogens is 348 g/mol. The molecule has 26 heavy (non-hydrogen) atoms. The number of amidine groups is 1. The van der Waals surface area contributed by atoms with E-state index in [9.17, 15) is 8.42 Å². The van der Waals surface area contributed by atoms with Gasteiger partial charge in [-0.3, -0.25) is 4.99 Å². The first-order valence-corrected chi connectivity index (χ1v) is 11.1. The van der Waals surface area contributed by atoms with Gasteiger partial charge in [0.1, 0.15) is 5.84 Å². The predicted octanol–water partition coefficient (Wildman–Crippen LogP) is 2.75. The number of hydrogen-bond acceptors (Lipinski definition) is 4. The number of aliphatic imine (C=N–C) groups is 1. The van der Waals surface area contributed by atoms with Crippen molar-refractivity contribution >= 4 is 16.0 Å². The van der Waals surface area contributed by atoms with Gasteiger partial charge >= 0.3 is 0 Å². The largest absolute Gasteiger partial charge is 0.332 e. The first-order valence-electron chi connectivity index (χ1n) is 9.67. The highest BCUT2D eigenvalue weighted by atomic mass is 32.2. The number of rotatable bonds is 3. The summed E-state index contributed by atoms with van der Waals surface area (Å²) in [5.41, 5.74) is 2.52. The van der Waals surface area contributed by atoms with E-state index in [1.165, 1.54) is 15.6 Å². The van der Waals surface area contributed by atoms with Gasteiger partial charge < -0.3 is 4.90 Å². The van der Waals surface area contributed by atoms with Gasteiger partial charge in [0, 0.05) is 43.2 Å². The van der Waals surface area contributed by atoms with Crippen LogP contribution in [-0.2, 0) is 10.2 Å². The average molecular weight is 383 g/mol. The molecule has 2 atom stereocenters. The van der Waals surface area contributed by atoms with E-state index >= 15 is 0 Å². The quantitative estimate of drug-likeness (QED) is 0.816. The van der Waals surface area contributed by atoms with Crippen LogP contribution in [0.2, 0.25) is 0 Å². The van der Waals surface area contributed by atoms with Crippen molar-refractivity contribution < 1.29 is 8.42 Å². The van der Waals surface area contributed by atoms with Crippen molar-refractivity contribution in [1.29, 1.82) is 0 Å². The Morgan fingerprint density at radius 1 is 1.08 bits per heavy atom. The number of hydrogen-bond donors (Lipinski definition) is 1. The summed E-state index contributed by atoms with van der Waals surface area (Å²) in [5.74, 6) is 1.07. The molecule has 0 aliphatic carbocycles. The third-order valence-electron chi connectivity index (χ3n) is 5.42. The van der Waals surface area contributed by atoms with Gasteiger partial charge in [-0.2, -0.15) is 17.4 Å². The monoisotopic (exact) mass is 382 g/mol. The van der Waals surface area contributed by atoms with Crippen LogP contribution in [-0.4, -0.2) is 55.2 Å².